The smallest absolute Gasteiger partial charge is 0.231 e. The Kier molecular flexibility index (Phi) is 3.17. The van der Waals surface area contributed by atoms with Crippen LogP contribution in [0.3, 0.4) is 0 Å². The molecule has 3 nitrogen and oxygen atoms in total. The molecule has 1 aliphatic carbocycles. The summed E-state index contributed by atoms with van der Waals surface area (Å²) in [6, 6.07) is 0. The standard InChI is InChI=1S/C11H17Br2NO2/c1-7-4-14(5-8(2)16-7)9(15)10(3)6-11(10,12)13/h7-8H,4-6H2,1-3H3/t7-,8+,10-/m1/s1. The fraction of sp³-hybridized carbons (Fsp3) is 0.909. The minimum atomic E-state index is -0.302. The van der Waals surface area contributed by atoms with E-state index in [4.69, 9.17) is 4.74 Å². The first-order chi connectivity index (χ1) is 7.26. The molecular formula is C11H17Br2NO2. The van der Waals surface area contributed by atoms with Crippen molar-refractivity contribution in [3.63, 3.8) is 0 Å². The zero-order valence-corrected chi connectivity index (χ0v) is 13.0. The normalized spacial score (nSPS) is 41.9. The van der Waals surface area contributed by atoms with Gasteiger partial charge in [0.1, 0.15) is 0 Å². The third-order valence-corrected chi connectivity index (χ3v) is 5.75. The molecule has 1 heterocycles. The number of rotatable bonds is 1. The number of hydrogen-bond acceptors (Lipinski definition) is 2. The maximum atomic E-state index is 12.4. The lowest BCUT2D eigenvalue weighted by Gasteiger charge is -2.37. The number of carbonyl (C=O) groups is 1. The van der Waals surface area contributed by atoms with Gasteiger partial charge in [0.05, 0.1) is 20.9 Å². The van der Waals surface area contributed by atoms with E-state index in [-0.39, 0.29) is 26.8 Å². The van der Waals surface area contributed by atoms with E-state index < -0.39 is 0 Å². The number of carbonyl (C=O) groups excluding carboxylic acids is 1. The second-order valence-electron chi connectivity index (χ2n) is 5.18. The van der Waals surface area contributed by atoms with Gasteiger partial charge in [-0.25, -0.2) is 0 Å². The molecule has 16 heavy (non-hydrogen) atoms. The molecular weight excluding hydrogens is 338 g/mol. The summed E-state index contributed by atoms with van der Waals surface area (Å²) < 4.78 is 5.43. The second-order valence-corrected chi connectivity index (χ2v) is 8.95. The average Bonchev–Trinajstić information content (AvgIpc) is 2.64. The zero-order valence-electron chi connectivity index (χ0n) is 9.80. The molecule has 1 aliphatic heterocycles. The van der Waals surface area contributed by atoms with Crippen LogP contribution < -0.4 is 0 Å². The molecule has 0 bridgehead atoms. The van der Waals surface area contributed by atoms with Gasteiger partial charge in [-0.05, 0) is 27.2 Å². The van der Waals surface area contributed by atoms with E-state index in [1.165, 1.54) is 0 Å². The van der Waals surface area contributed by atoms with E-state index in [2.05, 4.69) is 31.9 Å². The molecule has 0 aromatic rings. The Labute approximate surface area is 113 Å². The maximum absolute atomic E-state index is 12.4. The molecule has 92 valence electrons. The molecule has 2 rings (SSSR count). The Balaban J connectivity index is 2.06. The van der Waals surface area contributed by atoms with Crippen molar-refractivity contribution in [1.29, 1.82) is 0 Å². The average molecular weight is 355 g/mol. The van der Waals surface area contributed by atoms with Gasteiger partial charge in [0.15, 0.2) is 0 Å². The van der Waals surface area contributed by atoms with Gasteiger partial charge < -0.3 is 9.64 Å². The predicted molar refractivity (Wildman–Crippen MR) is 69.9 cm³/mol. The number of ether oxygens (including phenoxy) is 1. The Hall–Kier alpha value is 0.390. The summed E-state index contributed by atoms with van der Waals surface area (Å²) in [4.78, 5) is 14.3. The van der Waals surface area contributed by atoms with Gasteiger partial charge in [-0.2, -0.15) is 0 Å². The van der Waals surface area contributed by atoms with E-state index >= 15 is 0 Å². The topological polar surface area (TPSA) is 29.5 Å². The fourth-order valence-electron chi connectivity index (χ4n) is 2.32. The monoisotopic (exact) mass is 353 g/mol. The molecule has 0 N–H and O–H groups in total. The highest BCUT2D eigenvalue weighted by Crippen LogP contribution is 2.67. The lowest BCUT2D eigenvalue weighted by Crippen LogP contribution is -2.50. The second kappa shape index (κ2) is 3.95. The van der Waals surface area contributed by atoms with Crippen LogP contribution in [-0.2, 0) is 9.53 Å². The van der Waals surface area contributed by atoms with Gasteiger partial charge in [0.25, 0.3) is 0 Å². The van der Waals surface area contributed by atoms with Gasteiger partial charge in [0.2, 0.25) is 5.91 Å². The van der Waals surface area contributed by atoms with E-state index in [9.17, 15) is 4.79 Å². The van der Waals surface area contributed by atoms with Crippen molar-refractivity contribution in [2.24, 2.45) is 5.41 Å². The molecule has 0 radical (unpaired) electrons. The van der Waals surface area contributed by atoms with Crippen molar-refractivity contribution in [3.05, 3.63) is 0 Å². The lowest BCUT2D eigenvalue weighted by molar-refractivity contribution is -0.148. The van der Waals surface area contributed by atoms with E-state index in [1.54, 1.807) is 0 Å². The van der Waals surface area contributed by atoms with E-state index in [0.717, 1.165) is 6.42 Å². The lowest BCUT2D eigenvalue weighted by atomic mass is 10.1. The Morgan fingerprint density at radius 3 is 2.12 bits per heavy atom. The van der Waals surface area contributed by atoms with Gasteiger partial charge in [0, 0.05) is 13.1 Å². The van der Waals surface area contributed by atoms with E-state index in [1.807, 2.05) is 25.7 Å². The molecule has 0 aromatic carbocycles. The third kappa shape index (κ3) is 2.06. The van der Waals surface area contributed by atoms with Gasteiger partial charge in [-0.1, -0.05) is 31.9 Å². The zero-order chi connectivity index (χ0) is 12.1. The van der Waals surface area contributed by atoms with E-state index in [0.29, 0.717) is 13.1 Å². The fourth-order valence-corrected chi connectivity index (χ4v) is 3.79. The van der Waals surface area contributed by atoms with Crippen molar-refractivity contribution in [2.45, 2.75) is 42.6 Å². The number of amides is 1. The first-order valence-electron chi connectivity index (χ1n) is 5.59. The van der Waals surface area contributed by atoms with Crippen molar-refractivity contribution < 1.29 is 9.53 Å². The summed E-state index contributed by atoms with van der Waals surface area (Å²) >= 11 is 7.09. The molecule has 1 saturated heterocycles. The summed E-state index contributed by atoms with van der Waals surface area (Å²) in [5, 5.41) is 0. The van der Waals surface area contributed by atoms with Crippen LogP contribution in [0.15, 0.2) is 0 Å². The molecule has 5 heteroatoms. The van der Waals surface area contributed by atoms with Gasteiger partial charge >= 0.3 is 0 Å². The minimum Gasteiger partial charge on any atom is -0.372 e. The number of nitrogens with zero attached hydrogens (tertiary/aromatic N) is 1. The third-order valence-electron chi connectivity index (χ3n) is 3.44. The van der Waals surface area contributed by atoms with Crippen molar-refractivity contribution in [2.75, 3.05) is 13.1 Å². The number of morpholine rings is 1. The van der Waals surface area contributed by atoms with Gasteiger partial charge in [-0.3, -0.25) is 4.79 Å². The molecule has 1 amide bonds. The van der Waals surface area contributed by atoms with Gasteiger partial charge in [-0.15, -0.1) is 0 Å². The SMILES string of the molecule is C[C@@H]1CN(C(=O)[C@@]2(C)CC2(Br)Br)C[C@H](C)O1. The predicted octanol–water partition coefficient (Wildman–Crippen LogP) is 2.52. The molecule has 0 spiro atoms. The minimum absolute atomic E-state index is 0.134. The van der Waals surface area contributed by atoms with Crippen LogP contribution in [0.1, 0.15) is 27.2 Å². The largest absolute Gasteiger partial charge is 0.372 e. The first kappa shape index (κ1) is 12.8. The van der Waals surface area contributed by atoms with Crippen LogP contribution >= 0.6 is 31.9 Å². The summed E-state index contributed by atoms with van der Waals surface area (Å²) in [5.74, 6) is 0.225. The van der Waals surface area contributed by atoms with Crippen molar-refractivity contribution >= 4 is 37.8 Å². The first-order valence-corrected chi connectivity index (χ1v) is 7.17. The number of halogens is 2. The van der Waals surface area contributed by atoms with Crippen LogP contribution in [0, 0.1) is 5.41 Å². The highest BCUT2D eigenvalue weighted by atomic mass is 79.9. The molecule has 0 aromatic heterocycles. The van der Waals surface area contributed by atoms with Crippen molar-refractivity contribution in [3.8, 4) is 0 Å². The summed E-state index contributed by atoms with van der Waals surface area (Å²) in [7, 11) is 0. The number of hydrogen-bond donors (Lipinski definition) is 0. The molecule has 3 atom stereocenters. The summed E-state index contributed by atoms with van der Waals surface area (Å²) in [6.45, 7) is 7.44. The van der Waals surface area contributed by atoms with Crippen LogP contribution in [0.5, 0.6) is 0 Å². The Bertz CT molecular complexity index is 311. The Morgan fingerprint density at radius 2 is 1.75 bits per heavy atom. The quantitative estimate of drug-likeness (QED) is 0.677. The molecule has 0 unspecified atom stereocenters. The maximum Gasteiger partial charge on any atom is 0.231 e. The van der Waals surface area contributed by atoms with Crippen molar-refractivity contribution in [1.82, 2.24) is 4.90 Å². The highest BCUT2D eigenvalue weighted by molar-refractivity contribution is 9.25. The Morgan fingerprint density at radius 1 is 1.31 bits per heavy atom. The highest BCUT2D eigenvalue weighted by Gasteiger charge is 2.67. The summed E-state index contributed by atoms with van der Waals surface area (Å²) in [6.07, 6.45) is 1.11. The van der Waals surface area contributed by atoms with Crippen LogP contribution in [-0.4, -0.2) is 39.3 Å². The molecule has 1 saturated carbocycles. The van der Waals surface area contributed by atoms with Crippen LogP contribution in [0.25, 0.3) is 0 Å². The molecule has 2 aliphatic rings. The molecule has 2 fully saturated rings. The summed E-state index contributed by atoms with van der Waals surface area (Å²) in [5.41, 5.74) is -0.302. The number of alkyl halides is 2. The van der Waals surface area contributed by atoms with Crippen LogP contribution in [0.4, 0.5) is 0 Å². The van der Waals surface area contributed by atoms with Crippen LogP contribution in [0.2, 0.25) is 0 Å².